The number of hydrogen-bond donors (Lipinski definition) is 0. The second-order valence-electron chi connectivity index (χ2n) is 3.85. The maximum absolute atomic E-state index is 12.1. The molecular weight excluding hydrogens is 242 g/mol. The van der Waals surface area contributed by atoms with Gasteiger partial charge < -0.3 is 4.90 Å². The summed E-state index contributed by atoms with van der Waals surface area (Å²) >= 11 is 7.68. The molecule has 1 aliphatic rings. The average molecular weight is 256 g/mol. The third-order valence-corrected chi connectivity index (χ3v) is 4.01. The molecule has 0 atom stereocenters. The van der Waals surface area contributed by atoms with E-state index in [-0.39, 0.29) is 5.91 Å². The summed E-state index contributed by atoms with van der Waals surface area (Å²) in [5.41, 5.74) is 0.699. The first kappa shape index (κ1) is 11.8. The molecule has 0 N–H and O–H groups in total. The SMILES string of the molecule is CSc1ccc(C(=O)N2CCCC2)cc1Cl. The number of likely N-dealkylation sites (tertiary alicyclic amines) is 1. The standard InChI is InChI=1S/C12H14ClNOS/c1-16-11-5-4-9(8-10(11)13)12(15)14-6-2-3-7-14/h4-5,8H,2-3,6-7H2,1H3. The van der Waals surface area contributed by atoms with E-state index in [1.807, 2.05) is 23.3 Å². The zero-order valence-corrected chi connectivity index (χ0v) is 10.8. The number of hydrogen-bond acceptors (Lipinski definition) is 2. The minimum Gasteiger partial charge on any atom is -0.339 e. The van der Waals surface area contributed by atoms with Gasteiger partial charge in [0.2, 0.25) is 0 Å². The number of nitrogens with zero attached hydrogens (tertiary/aromatic N) is 1. The summed E-state index contributed by atoms with van der Waals surface area (Å²) in [4.78, 5) is 15.0. The molecule has 1 amide bonds. The topological polar surface area (TPSA) is 20.3 Å². The zero-order chi connectivity index (χ0) is 11.5. The van der Waals surface area contributed by atoms with Crippen LogP contribution in [0, 0.1) is 0 Å². The molecule has 0 aliphatic carbocycles. The van der Waals surface area contributed by atoms with E-state index in [0.717, 1.165) is 30.8 Å². The van der Waals surface area contributed by atoms with Crippen LogP contribution >= 0.6 is 23.4 Å². The van der Waals surface area contributed by atoms with Crippen molar-refractivity contribution in [3.8, 4) is 0 Å². The lowest BCUT2D eigenvalue weighted by atomic mass is 10.2. The lowest BCUT2D eigenvalue weighted by molar-refractivity contribution is 0.0793. The second kappa shape index (κ2) is 5.11. The van der Waals surface area contributed by atoms with Crippen LogP contribution in [-0.4, -0.2) is 30.2 Å². The molecule has 0 saturated carbocycles. The second-order valence-corrected chi connectivity index (χ2v) is 5.10. The van der Waals surface area contributed by atoms with Gasteiger partial charge in [-0.2, -0.15) is 0 Å². The van der Waals surface area contributed by atoms with Gasteiger partial charge in [0.25, 0.3) is 5.91 Å². The van der Waals surface area contributed by atoms with Crippen LogP contribution < -0.4 is 0 Å². The van der Waals surface area contributed by atoms with Gasteiger partial charge in [-0.3, -0.25) is 4.79 Å². The Hall–Kier alpha value is -0.670. The summed E-state index contributed by atoms with van der Waals surface area (Å²) < 4.78 is 0. The molecule has 0 spiro atoms. The molecule has 2 rings (SSSR count). The van der Waals surface area contributed by atoms with E-state index in [0.29, 0.717) is 10.6 Å². The number of thioether (sulfide) groups is 1. The van der Waals surface area contributed by atoms with Gasteiger partial charge in [0, 0.05) is 23.5 Å². The first-order valence-electron chi connectivity index (χ1n) is 5.35. The predicted molar refractivity (Wildman–Crippen MR) is 68.4 cm³/mol. The molecule has 2 nitrogen and oxygen atoms in total. The van der Waals surface area contributed by atoms with E-state index in [1.165, 1.54) is 0 Å². The summed E-state index contributed by atoms with van der Waals surface area (Å²) in [6.07, 6.45) is 4.20. The molecule has 1 fully saturated rings. The van der Waals surface area contributed by atoms with Crippen LogP contribution in [0.3, 0.4) is 0 Å². The summed E-state index contributed by atoms with van der Waals surface area (Å²) in [6, 6.07) is 5.54. The molecule has 0 bridgehead atoms. The zero-order valence-electron chi connectivity index (χ0n) is 9.20. The van der Waals surface area contributed by atoms with Gasteiger partial charge in [0.15, 0.2) is 0 Å². The van der Waals surface area contributed by atoms with Crippen LogP contribution in [0.5, 0.6) is 0 Å². The lowest BCUT2D eigenvalue weighted by Gasteiger charge is -2.15. The van der Waals surface area contributed by atoms with Crippen molar-refractivity contribution in [2.24, 2.45) is 0 Å². The Morgan fingerprint density at radius 1 is 1.38 bits per heavy atom. The van der Waals surface area contributed by atoms with Crippen molar-refractivity contribution in [2.45, 2.75) is 17.7 Å². The van der Waals surface area contributed by atoms with Gasteiger partial charge in [-0.05, 0) is 37.3 Å². The number of carbonyl (C=O) groups is 1. The highest BCUT2D eigenvalue weighted by molar-refractivity contribution is 7.98. The van der Waals surface area contributed by atoms with E-state index >= 15 is 0 Å². The molecule has 1 aromatic rings. The first-order chi connectivity index (χ1) is 7.72. The van der Waals surface area contributed by atoms with E-state index in [1.54, 1.807) is 17.8 Å². The number of benzene rings is 1. The average Bonchev–Trinajstić information content (AvgIpc) is 2.81. The van der Waals surface area contributed by atoms with Gasteiger partial charge in [-0.1, -0.05) is 11.6 Å². The van der Waals surface area contributed by atoms with Crippen molar-refractivity contribution in [1.82, 2.24) is 4.90 Å². The minimum atomic E-state index is 0.104. The molecule has 1 aromatic carbocycles. The summed E-state index contributed by atoms with van der Waals surface area (Å²) in [5.74, 6) is 0.104. The van der Waals surface area contributed by atoms with Crippen LogP contribution in [0.1, 0.15) is 23.2 Å². The number of halogens is 1. The molecule has 0 aromatic heterocycles. The molecule has 1 saturated heterocycles. The maximum atomic E-state index is 12.1. The maximum Gasteiger partial charge on any atom is 0.253 e. The lowest BCUT2D eigenvalue weighted by Crippen LogP contribution is -2.27. The normalized spacial score (nSPS) is 15.5. The fraction of sp³-hybridized carbons (Fsp3) is 0.417. The van der Waals surface area contributed by atoms with E-state index < -0.39 is 0 Å². The molecule has 4 heteroatoms. The largest absolute Gasteiger partial charge is 0.339 e. The van der Waals surface area contributed by atoms with Crippen LogP contribution in [0.25, 0.3) is 0 Å². The fourth-order valence-electron chi connectivity index (χ4n) is 1.90. The summed E-state index contributed by atoms with van der Waals surface area (Å²) in [5, 5.41) is 0.664. The van der Waals surface area contributed by atoms with Gasteiger partial charge in [0.1, 0.15) is 0 Å². The minimum absolute atomic E-state index is 0.104. The third-order valence-electron chi connectivity index (χ3n) is 2.79. The van der Waals surface area contributed by atoms with Crippen LogP contribution in [0.15, 0.2) is 23.1 Å². The molecule has 86 valence electrons. The van der Waals surface area contributed by atoms with Gasteiger partial charge in [-0.25, -0.2) is 0 Å². The number of carbonyl (C=O) groups excluding carboxylic acids is 1. The van der Waals surface area contributed by atoms with Crippen LogP contribution in [-0.2, 0) is 0 Å². The van der Waals surface area contributed by atoms with Crippen molar-refractivity contribution in [1.29, 1.82) is 0 Å². The van der Waals surface area contributed by atoms with E-state index in [9.17, 15) is 4.79 Å². The van der Waals surface area contributed by atoms with Crippen molar-refractivity contribution in [3.63, 3.8) is 0 Å². The van der Waals surface area contributed by atoms with E-state index in [2.05, 4.69) is 0 Å². The monoisotopic (exact) mass is 255 g/mol. The van der Waals surface area contributed by atoms with E-state index in [4.69, 9.17) is 11.6 Å². The number of rotatable bonds is 2. The van der Waals surface area contributed by atoms with Crippen LogP contribution in [0.2, 0.25) is 5.02 Å². The highest BCUT2D eigenvalue weighted by atomic mass is 35.5. The Kier molecular flexibility index (Phi) is 3.77. The Balaban J connectivity index is 2.20. The molecule has 16 heavy (non-hydrogen) atoms. The summed E-state index contributed by atoms with van der Waals surface area (Å²) in [7, 11) is 0. The smallest absolute Gasteiger partial charge is 0.253 e. The highest BCUT2D eigenvalue weighted by Crippen LogP contribution is 2.26. The Morgan fingerprint density at radius 2 is 2.06 bits per heavy atom. The van der Waals surface area contributed by atoms with Crippen molar-refractivity contribution in [3.05, 3.63) is 28.8 Å². The van der Waals surface area contributed by atoms with Gasteiger partial charge in [-0.15, -0.1) is 11.8 Å². The highest BCUT2D eigenvalue weighted by Gasteiger charge is 2.19. The number of amides is 1. The van der Waals surface area contributed by atoms with Crippen molar-refractivity contribution in [2.75, 3.05) is 19.3 Å². The molecular formula is C12H14ClNOS. The van der Waals surface area contributed by atoms with Crippen molar-refractivity contribution >= 4 is 29.3 Å². The summed E-state index contributed by atoms with van der Waals surface area (Å²) in [6.45, 7) is 1.75. The van der Waals surface area contributed by atoms with Gasteiger partial charge >= 0.3 is 0 Å². The van der Waals surface area contributed by atoms with Crippen LogP contribution in [0.4, 0.5) is 0 Å². The Bertz CT molecular complexity index is 402. The molecule has 1 heterocycles. The van der Waals surface area contributed by atoms with Gasteiger partial charge in [0.05, 0.1) is 5.02 Å². The quantitative estimate of drug-likeness (QED) is 0.756. The third kappa shape index (κ3) is 2.36. The molecule has 1 aliphatic heterocycles. The molecule has 0 unspecified atom stereocenters. The Morgan fingerprint density at radius 3 is 2.62 bits per heavy atom. The molecule has 0 radical (unpaired) electrons. The fourth-order valence-corrected chi connectivity index (χ4v) is 2.77. The predicted octanol–water partition coefficient (Wildman–Crippen LogP) is 3.30. The first-order valence-corrected chi connectivity index (χ1v) is 6.95. The Labute approximate surface area is 105 Å². The van der Waals surface area contributed by atoms with Crippen molar-refractivity contribution < 1.29 is 4.79 Å².